The highest BCUT2D eigenvalue weighted by Gasteiger charge is 2.05. The predicted octanol–water partition coefficient (Wildman–Crippen LogP) is 3.82. The first-order valence-corrected chi connectivity index (χ1v) is 8.02. The van der Waals surface area contributed by atoms with Crippen molar-refractivity contribution in [3.05, 3.63) is 35.8 Å². The lowest BCUT2D eigenvalue weighted by Gasteiger charge is -2.10. The van der Waals surface area contributed by atoms with Gasteiger partial charge in [-0.15, -0.1) is 24.0 Å². The molecule has 0 aliphatic rings. The van der Waals surface area contributed by atoms with Crippen LogP contribution in [0, 0.1) is 5.82 Å². The number of nitrogens with zero attached hydrogens (tertiary/aromatic N) is 1. The van der Waals surface area contributed by atoms with Crippen LogP contribution in [-0.4, -0.2) is 30.6 Å². The van der Waals surface area contributed by atoms with Gasteiger partial charge in [0.1, 0.15) is 5.82 Å². The van der Waals surface area contributed by atoms with Crippen LogP contribution in [0.1, 0.15) is 32.3 Å². The van der Waals surface area contributed by atoms with Crippen LogP contribution in [0.4, 0.5) is 4.39 Å². The van der Waals surface area contributed by atoms with E-state index in [1.165, 1.54) is 17.7 Å². The molecule has 0 spiro atoms. The summed E-state index contributed by atoms with van der Waals surface area (Å²) in [4.78, 5) is 7.65. The van der Waals surface area contributed by atoms with E-state index in [4.69, 9.17) is 0 Å². The van der Waals surface area contributed by atoms with Crippen LogP contribution in [0.15, 0.2) is 29.4 Å². The third-order valence-corrected chi connectivity index (χ3v) is 3.54. The maximum atomic E-state index is 13.2. The van der Waals surface area contributed by atoms with Crippen molar-refractivity contribution in [2.24, 2.45) is 4.99 Å². The van der Waals surface area contributed by atoms with Crippen molar-refractivity contribution in [2.75, 3.05) is 19.6 Å². The molecule has 0 atom stereocenters. The van der Waals surface area contributed by atoms with Gasteiger partial charge in [0.25, 0.3) is 0 Å². The summed E-state index contributed by atoms with van der Waals surface area (Å²) in [5.41, 5.74) is 2.03. The fourth-order valence-corrected chi connectivity index (χ4v) is 2.37. The number of fused-ring (bicyclic) bond motifs is 1. The summed E-state index contributed by atoms with van der Waals surface area (Å²) in [6.07, 6.45) is 5.07. The molecule has 4 nitrogen and oxygen atoms in total. The van der Waals surface area contributed by atoms with E-state index in [1.54, 1.807) is 0 Å². The molecule has 0 aliphatic heterocycles. The van der Waals surface area contributed by atoms with Crippen LogP contribution < -0.4 is 10.6 Å². The van der Waals surface area contributed by atoms with E-state index in [0.717, 1.165) is 55.8 Å². The summed E-state index contributed by atoms with van der Waals surface area (Å²) in [6, 6.07) is 4.86. The Morgan fingerprint density at radius 2 is 2.09 bits per heavy atom. The van der Waals surface area contributed by atoms with Crippen LogP contribution in [0.5, 0.6) is 0 Å². The summed E-state index contributed by atoms with van der Waals surface area (Å²) in [5, 5.41) is 7.67. The average molecular weight is 432 g/mol. The van der Waals surface area contributed by atoms with Crippen molar-refractivity contribution in [3.63, 3.8) is 0 Å². The van der Waals surface area contributed by atoms with Gasteiger partial charge in [0.05, 0.1) is 0 Å². The minimum atomic E-state index is -0.212. The molecule has 2 rings (SSSR count). The van der Waals surface area contributed by atoms with Gasteiger partial charge < -0.3 is 15.6 Å². The lowest BCUT2D eigenvalue weighted by molar-refractivity contribution is 0.629. The first kappa shape index (κ1) is 19.7. The molecule has 1 heterocycles. The molecule has 0 bridgehead atoms. The van der Waals surface area contributed by atoms with E-state index in [2.05, 4.69) is 34.5 Å². The highest BCUT2D eigenvalue weighted by molar-refractivity contribution is 14.0. The van der Waals surface area contributed by atoms with Crippen molar-refractivity contribution in [3.8, 4) is 0 Å². The molecule has 0 radical (unpaired) electrons. The molecule has 0 fully saturated rings. The average Bonchev–Trinajstić information content (AvgIpc) is 2.90. The Morgan fingerprint density at radius 3 is 2.83 bits per heavy atom. The van der Waals surface area contributed by atoms with Gasteiger partial charge in [-0.3, -0.25) is 4.99 Å². The second-order valence-electron chi connectivity index (χ2n) is 5.29. The van der Waals surface area contributed by atoms with Gasteiger partial charge in [-0.25, -0.2) is 4.39 Å². The number of hydrogen-bond acceptors (Lipinski definition) is 1. The Labute approximate surface area is 154 Å². The molecule has 0 saturated carbocycles. The highest BCUT2D eigenvalue weighted by Crippen LogP contribution is 2.19. The smallest absolute Gasteiger partial charge is 0.191 e. The Kier molecular flexibility index (Phi) is 8.98. The predicted molar refractivity (Wildman–Crippen MR) is 106 cm³/mol. The minimum absolute atomic E-state index is 0. The molecule has 23 heavy (non-hydrogen) atoms. The molecule has 128 valence electrons. The van der Waals surface area contributed by atoms with Crippen molar-refractivity contribution in [2.45, 2.75) is 33.1 Å². The standard InChI is InChI=1S/C17H25FN4.HI/c1-3-5-9-20-17(19-4-2)21-10-8-13-12-22-16-11-14(18)6-7-15(13)16;/h6-7,11-12,22H,3-5,8-10H2,1-2H3,(H2,19,20,21);1H. The summed E-state index contributed by atoms with van der Waals surface area (Å²) in [5.74, 6) is 0.651. The van der Waals surface area contributed by atoms with E-state index in [9.17, 15) is 4.39 Å². The third-order valence-electron chi connectivity index (χ3n) is 3.54. The molecule has 0 amide bonds. The fourth-order valence-electron chi connectivity index (χ4n) is 2.37. The molecule has 1 aromatic carbocycles. The Balaban J connectivity index is 0.00000264. The molecule has 3 N–H and O–H groups in total. The normalized spacial score (nSPS) is 11.3. The zero-order valence-corrected chi connectivity index (χ0v) is 16.1. The molecular weight excluding hydrogens is 406 g/mol. The summed E-state index contributed by atoms with van der Waals surface area (Å²) >= 11 is 0. The number of benzene rings is 1. The van der Waals surface area contributed by atoms with Gasteiger partial charge in [-0.05, 0) is 43.5 Å². The number of aliphatic imine (C=N–C) groups is 1. The van der Waals surface area contributed by atoms with Crippen LogP contribution in [0.25, 0.3) is 10.9 Å². The van der Waals surface area contributed by atoms with Crippen LogP contribution in [-0.2, 0) is 6.42 Å². The number of rotatable bonds is 7. The maximum Gasteiger partial charge on any atom is 0.191 e. The van der Waals surface area contributed by atoms with Crippen LogP contribution in [0.2, 0.25) is 0 Å². The fraction of sp³-hybridized carbons (Fsp3) is 0.471. The topological polar surface area (TPSA) is 52.2 Å². The Hall–Kier alpha value is -1.31. The van der Waals surface area contributed by atoms with Gasteiger partial charge in [0, 0.05) is 36.7 Å². The van der Waals surface area contributed by atoms with Crippen molar-refractivity contribution in [1.29, 1.82) is 0 Å². The molecule has 6 heteroatoms. The van der Waals surface area contributed by atoms with E-state index >= 15 is 0 Å². The number of halogens is 2. The highest BCUT2D eigenvalue weighted by atomic mass is 127. The largest absolute Gasteiger partial charge is 0.361 e. The lowest BCUT2D eigenvalue weighted by atomic mass is 10.1. The quantitative estimate of drug-likeness (QED) is 0.270. The monoisotopic (exact) mass is 432 g/mol. The zero-order valence-electron chi connectivity index (χ0n) is 13.8. The molecular formula is C17H26FIN4. The van der Waals surface area contributed by atoms with E-state index < -0.39 is 0 Å². The van der Waals surface area contributed by atoms with Gasteiger partial charge in [0.15, 0.2) is 5.96 Å². The molecule has 2 aromatic rings. The third kappa shape index (κ3) is 6.01. The second-order valence-corrected chi connectivity index (χ2v) is 5.29. The second kappa shape index (κ2) is 10.5. The van der Waals surface area contributed by atoms with Crippen molar-refractivity contribution in [1.82, 2.24) is 15.6 Å². The lowest BCUT2D eigenvalue weighted by Crippen LogP contribution is -2.38. The summed E-state index contributed by atoms with van der Waals surface area (Å²) < 4.78 is 13.2. The van der Waals surface area contributed by atoms with Gasteiger partial charge in [-0.2, -0.15) is 0 Å². The molecule has 1 aromatic heterocycles. The minimum Gasteiger partial charge on any atom is -0.361 e. The SMILES string of the molecule is CCCCN=C(NCC)NCCc1c[nH]c2cc(F)ccc12.I. The molecule has 0 unspecified atom stereocenters. The van der Waals surface area contributed by atoms with Crippen LogP contribution >= 0.6 is 24.0 Å². The van der Waals surface area contributed by atoms with Gasteiger partial charge in [0.2, 0.25) is 0 Å². The van der Waals surface area contributed by atoms with E-state index in [1.807, 2.05) is 12.3 Å². The van der Waals surface area contributed by atoms with Crippen molar-refractivity contribution >= 4 is 40.8 Å². The number of aromatic amines is 1. The van der Waals surface area contributed by atoms with E-state index in [-0.39, 0.29) is 29.8 Å². The number of guanidine groups is 1. The zero-order chi connectivity index (χ0) is 15.8. The first-order chi connectivity index (χ1) is 10.7. The van der Waals surface area contributed by atoms with E-state index in [0.29, 0.717) is 0 Å². The first-order valence-electron chi connectivity index (χ1n) is 8.02. The maximum absolute atomic E-state index is 13.2. The molecule has 0 saturated heterocycles. The molecule has 0 aliphatic carbocycles. The summed E-state index contributed by atoms with van der Waals surface area (Å²) in [6.45, 7) is 6.71. The number of H-pyrrole nitrogens is 1. The van der Waals surface area contributed by atoms with Gasteiger partial charge in [-0.1, -0.05) is 13.3 Å². The van der Waals surface area contributed by atoms with Crippen LogP contribution in [0.3, 0.4) is 0 Å². The number of unbranched alkanes of at least 4 members (excludes halogenated alkanes) is 1. The van der Waals surface area contributed by atoms with Gasteiger partial charge >= 0.3 is 0 Å². The number of aromatic nitrogens is 1. The number of nitrogens with one attached hydrogen (secondary N) is 3. The Morgan fingerprint density at radius 1 is 1.26 bits per heavy atom. The number of hydrogen-bond donors (Lipinski definition) is 3. The summed E-state index contributed by atoms with van der Waals surface area (Å²) in [7, 11) is 0. The Bertz CT molecular complexity index is 624. The van der Waals surface area contributed by atoms with Crippen molar-refractivity contribution < 1.29 is 4.39 Å².